The molecule has 6 heteroatoms. The van der Waals surface area contributed by atoms with Gasteiger partial charge in [0, 0.05) is 31.6 Å². The Morgan fingerprint density at radius 2 is 2.12 bits per heavy atom. The molecule has 0 saturated carbocycles. The topological polar surface area (TPSA) is 68.2 Å². The van der Waals surface area contributed by atoms with E-state index in [1.807, 2.05) is 23.0 Å². The van der Waals surface area contributed by atoms with Crippen LogP contribution in [0, 0.1) is 0 Å². The number of aromatic nitrogens is 2. The number of benzene rings is 1. The summed E-state index contributed by atoms with van der Waals surface area (Å²) in [4.78, 5) is 12.6. The lowest BCUT2D eigenvalue weighted by molar-refractivity contribution is 0.0853. The van der Waals surface area contributed by atoms with Crippen molar-refractivity contribution in [3.05, 3.63) is 47.8 Å². The maximum atomic E-state index is 12.6. The van der Waals surface area contributed by atoms with Gasteiger partial charge in [-0.15, -0.1) is 0 Å². The standard InChI is InChI=1S/C20H26N4O2/c25-20(19-6-10-24(23-19)18-5-2-9-21-14-18)22-17-4-1-3-16(13-17)15-7-11-26-12-8-15/h1,3-4,6,10,13,15,18,21H,2,5,7-9,11-12,14H2,(H,22,25). The number of nitrogens with one attached hydrogen (secondary N) is 2. The van der Waals surface area contributed by atoms with E-state index in [9.17, 15) is 4.79 Å². The summed E-state index contributed by atoms with van der Waals surface area (Å²) in [5.74, 6) is 0.357. The second-order valence-corrected chi connectivity index (χ2v) is 7.15. The van der Waals surface area contributed by atoms with Crippen molar-refractivity contribution >= 4 is 11.6 Å². The molecule has 1 aromatic heterocycles. The molecule has 2 aliphatic rings. The third-order valence-corrected chi connectivity index (χ3v) is 5.32. The number of carbonyl (C=O) groups is 1. The zero-order valence-electron chi connectivity index (χ0n) is 15.0. The van der Waals surface area contributed by atoms with Gasteiger partial charge in [0.15, 0.2) is 5.69 Å². The van der Waals surface area contributed by atoms with Crippen LogP contribution in [0.5, 0.6) is 0 Å². The van der Waals surface area contributed by atoms with Crippen molar-refractivity contribution in [1.82, 2.24) is 15.1 Å². The van der Waals surface area contributed by atoms with Gasteiger partial charge in [0.05, 0.1) is 6.04 Å². The molecule has 4 rings (SSSR count). The monoisotopic (exact) mass is 354 g/mol. The fourth-order valence-corrected chi connectivity index (χ4v) is 3.82. The fraction of sp³-hybridized carbons (Fsp3) is 0.500. The van der Waals surface area contributed by atoms with Crippen LogP contribution >= 0.6 is 0 Å². The molecule has 26 heavy (non-hydrogen) atoms. The number of nitrogens with zero attached hydrogens (tertiary/aromatic N) is 2. The van der Waals surface area contributed by atoms with Crippen LogP contribution in [0.25, 0.3) is 0 Å². The second-order valence-electron chi connectivity index (χ2n) is 7.15. The highest BCUT2D eigenvalue weighted by molar-refractivity contribution is 6.02. The Bertz CT molecular complexity index is 746. The van der Waals surface area contributed by atoms with Gasteiger partial charge in [-0.25, -0.2) is 0 Å². The summed E-state index contributed by atoms with van der Waals surface area (Å²) in [6, 6.07) is 10.3. The van der Waals surface area contributed by atoms with Gasteiger partial charge in [-0.05, 0) is 61.9 Å². The molecule has 3 heterocycles. The lowest BCUT2D eigenvalue weighted by Gasteiger charge is -2.23. The van der Waals surface area contributed by atoms with Crippen LogP contribution < -0.4 is 10.6 Å². The number of hydrogen-bond acceptors (Lipinski definition) is 4. The van der Waals surface area contributed by atoms with Crippen molar-refractivity contribution in [2.24, 2.45) is 0 Å². The fourth-order valence-electron chi connectivity index (χ4n) is 3.82. The van der Waals surface area contributed by atoms with Crippen molar-refractivity contribution in [3.8, 4) is 0 Å². The molecule has 2 saturated heterocycles. The van der Waals surface area contributed by atoms with Crippen molar-refractivity contribution in [2.75, 3.05) is 31.6 Å². The maximum absolute atomic E-state index is 12.6. The molecule has 2 aliphatic heterocycles. The Kier molecular flexibility index (Phi) is 5.32. The average Bonchev–Trinajstić information content (AvgIpc) is 3.20. The van der Waals surface area contributed by atoms with Crippen LogP contribution in [0.15, 0.2) is 36.5 Å². The van der Waals surface area contributed by atoms with E-state index in [-0.39, 0.29) is 5.91 Å². The molecule has 1 atom stereocenters. The van der Waals surface area contributed by atoms with E-state index in [1.54, 1.807) is 6.07 Å². The smallest absolute Gasteiger partial charge is 0.276 e. The van der Waals surface area contributed by atoms with Gasteiger partial charge in [-0.3, -0.25) is 9.48 Å². The molecule has 6 nitrogen and oxygen atoms in total. The van der Waals surface area contributed by atoms with Gasteiger partial charge in [-0.2, -0.15) is 5.10 Å². The molecule has 0 aliphatic carbocycles. The number of rotatable bonds is 4. The first-order valence-corrected chi connectivity index (χ1v) is 9.54. The van der Waals surface area contributed by atoms with Crippen LogP contribution in [0.1, 0.15) is 53.7 Å². The average molecular weight is 354 g/mol. The summed E-state index contributed by atoms with van der Waals surface area (Å²) in [6.07, 6.45) is 6.23. The number of anilines is 1. The Morgan fingerprint density at radius 1 is 1.23 bits per heavy atom. The van der Waals surface area contributed by atoms with E-state index in [4.69, 9.17) is 4.74 Å². The van der Waals surface area contributed by atoms with Crippen molar-refractivity contribution in [2.45, 2.75) is 37.6 Å². The summed E-state index contributed by atoms with van der Waals surface area (Å²) in [6.45, 7) is 3.61. The van der Waals surface area contributed by atoms with Crippen molar-refractivity contribution < 1.29 is 9.53 Å². The lowest BCUT2D eigenvalue weighted by Crippen LogP contribution is -2.32. The molecular formula is C20H26N4O2. The third kappa shape index (κ3) is 3.97. The van der Waals surface area contributed by atoms with E-state index in [1.165, 1.54) is 5.56 Å². The highest BCUT2D eigenvalue weighted by atomic mass is 16.5. The minimum Gasteiger partial charge on any atom is -0.381 e. The van der Waals surface area contributed by atoms with Gasteiger partial charge in [0.2, 0.25) is 0 Å². The predicted octanol–water partition coefficient (Wildman–Crippen LogP) is 2.95. The van der Waals surface area contributed by atoms with Crippen LogP contribution in [-0.4, -0.2) is 42.0 Å². The molecule has 2 aromatic rings. The van der Waals surface area contributed by atoms with Gasteiger partial charge in [-0.1, -0.05) is 12.1 Å². The molecule has 138 valence electrons. The van der Waals surface area contributed by atoms with E-state index >= 15 is 0 Å². The van der Waals surface area contributed by atoms with Gasteiger partial charge < -0.3 is 15.4 Å². The normalized spacial score (nSPS) is 21.5. The van der Waals surface area contributed by atoms with Gasteiger partial charge in [0.1, 0.15) is 0 Å². The van der Waals surface area contributed by atoms with Crippen LogP contribution in [0.3, 0.4) is 0 Å². The minimum absolute atomic E-state index is 0.156. The largest absolute Gasteiger partial charge is 0.381 e. The van der Waals surface area contributed by atoms with Gasteiger partial charge >= 0.3 is 0 Å². The summed E-state index contributed by atoms with van der Waals surface area (Å²) in [7, 11) is 0. The Morgan fingerprint density at radius 3 is 2.92 bits per heavy atom. The Balaban J connectivity index is 1.42. The summed E-state index contributed by atoms with van der Waals surface area (Å²) in [5, 5.41) is 10.9. The first-order chi connectivity index (χ1) is 12.8. The van der Waals surface area contributed by atoms with Crippen LogP contribution in [0.4, 0.5) is 5.69 Å². The molecule has 1 aromatic carbocycles. The zero-order chi connectivity index (χ0) is 17.8. The molecule has 2 fully saturated rings. The number of hydrogen-bond donors (Lipinski definition) is 2. The van der Waals surface area contributed by atoms with E-state index in [0.717, 1.165) is 57.7 Å². The number of carbonyl (C=O) groups excluding carboxylic acids is 1. The first-order valence-electron chi connectivity index (χ1n) is 9.54. The molecule has 0 spiro atoms. The van der Waals surface area contributed by atoms with Crippen molar-refractivity contribution in [3.63, 3.8) is 0 Å². The highest BCUT2D eigenvalue weighted by Gasteiger charge is 2.19. The summed E-state index contributed by atoms with van der Waals surface area (Å²) in [5.41, 5.74) is 2.56. The molecule has 1 unspecified atom stereocenters. The van der Waals surface area contributed by atoms with E-state index in [2.05, 4.69) is 27.9 Å². The Hall–Kier alpha value is -2.18. The predicted molar refractivity (Wildman–Crippen MR) is 101 cm³/mol. The number of ether oxygens (including phenoxy) is 1. The summed E-state index contributed by atoms with van der Waals surface area (Å²) < 4.78 is 7.36. The van der Waals surface area contributed by atoms with Crippen LogP contribution in [0.2, 0.25) is 0 Å². The third-order valence-electron chi connectivity index (χ3n) is 5.32. The minimum atomic E-state index is -0.156. The molecule has 0 radical (unpaired) electrons. The Labute approximate surface area is 153 Å². The quantitative estimate of drug-likeness (QED) is 0.886. The zero-order valence-corrected chi connectivity index (χ0v) is 15.0. The van der Waals surface area contributed by atoms with Gasteiger partial charge in [0.25, 0.3) is 5.91 Å². The second kappa shape index (κ2) is 8.01. The lowest BCUT2D eigenvalue weighted by atomic mass is 9.91. The summed E-state index contributed by atoms with van der Waals surface area (Å²) >= 11 is 0. The van der Waals surface area contributed by atoms with E-state index < -0.39 is 0 Å². The van der Waals surface area contributed by atoms with Crippen LogP contribution in [-0.2, 0) is 4.74 Å². The highest BCUT2D eigenvalue weighted by Crippen LogP contribution is 2.28. The molecular weight excluding hydrogens is 328 g/mol. The first kappa shape index (κ1) is 17.2. The number of amides is 1. The molecule has 1 amide bonds. The maximum Gasteiger partial charge on any atom is 0.276 e. The van der Waals surface area contributed by atoms with E-state index in [0.29, 0.717) is 17.7 Å². The molecule has 2 N–H and O–H groups in total. The molecule has 0 bridgehead atoms. The van der Waals surface area contributed by atoms with Crippen molar-refractivity contribution in [1.29, 1.82) is 0 Å². The number of piperidine rings is 1. The SMILES string of the molecule is O=C(Nc1cccc(C2CCOCC2)c1)c1ccn(C2CCCNC2)n1.